The summed E-state index contributed by atoms with van der Waals surface area (Å²) in [4.78, 5) is 20.9. The second-order valence-corrected chi connectivity index (χ2v) is 9.67. The lowest BCUT2D eigenvalue weighted by molar-refractivity contribution is -0.0728. The quantitative estimate of drug-likeness (QED) is 0.596. The Kier molecular flexibility index (Phi) is 6.94. The summed E-state index contributed by atoms with van der Waals surface area (Å²) < 4.78 is 31.0. The third kappa shape index (κ3) is 5.01. The average molecular weight is 489 g/mol. The molecule has 1 unspecified atom stereocenters. The lowest BCUT2D eigenvalue weighted by Crippen LogP contribution is -2.48. The van der Waals surface area contributed by atoms with Crippen molar-refractivity contribution >= 4 is 23.6 Å². The molecule has 3 aliphatic heterocycles. The van der Waals surface area contributed by atoms with E-state index in [9.17, 15) is 8.78 Å². The van der Waals surface area contributed by atoms with Crippen molar-refractivity contribution in [2.45, 2.75) is 12.3 Å². The van der Waals surface area contributed by atoms with Gasteiger partial charge in [-0.2, -0.15) is 0 Å². The summed E-state index contributed by atoms with van der Waals surface area (Å²) in [5.41, 5.74) is 1.57. The van der Waals surface area contributed by atoms with Crippen LogP contribution in [0.1, 0.15) is 6.42 Å². The molecule has 182 valence electrons. The van der Waals surface area contributed by atoms with Crippen molar-refractivity contribution in [1.82, 2.24) is 19.6 Å². The SMILES string of the molecule is CSN1CCN(c2ccc(-c3cc4c(c(NCC5CNCCC5(F)F)n3)=NCCN=4)cn2)CC1. The van der Waals surface area contributed by atoms with E-state index in [1.807, 2.05) is 24.4 Å². The second kappa shape index (κ2) is 10.1. The molecule has 2 saturated heterocycles. The van der Waals surface area contributed by atoms with E-state index in [-0.39, 0.29) is 19.5 Å². The summed E-state index contributed by atoms with van der Waals surface area (Å²) in [5.74, 6) is -2.03. The van der Waals surface area contributed by atoms with Gasteiger partial charge in [0.25, 0.3) is 5.92 Å². The molecule has 11 heteroatoms. The number of hydrogen-bond donors (Lipinski definition) is 2. The zero-order valence-electron chi connectivity index (χ0n) is 19.3. The number of nitrogens with one attached hydrogen (secondary N) is 2. The van der Waals surface area contributed by atoms with Gasteiger partial charge in [0.1, 0.15) is 11.2 Å². The fraction of sp³-hybridized carbons (Fsp3) is 0.565. The van der Waals surface area contributed by atoms with E-state index in [2.05, 4.69) is 41.1 Å². The minimum Gasteiger partial charge on any atom is -0.368 e. The van der Waals surface area contributed by atoms with Gasteiger partial charge in [-0.3, -0.25) is 9.98 Å². The van der Waals surface area contributed by atoms with Crippen LogP contribution in [0.4, 0.5) is 20.4 Å². The van der Waals surface area contributed by atoms with E-state index in [4.69, 9.17) is 4.98 Å². The fourth-order valence-corrected chi connectivity index (χ4v) is 5.08. The first-order chi connectivity index (χ1) is 16.5. The lowest BCUT2D eigenvalue weighted by Gasteiger charge is -2.34. The Hall–Kier alpha value is -2.37. The van der Waals surface area contributed by atoms with E-state index in [1.165, 1.54) is 0 Å². The largest absolute Gasteiger partial charge is 0.368 e. The molecule has 0 bridgehead atoms. The molecular weight excluding hydrogens is 458 g/mol. The van der Waals surface area contributed by atoms with Crippen LogP contribution in [0.25, 0.3) is 11.3 Å². The van der Waals surface area contributed by atoms with Crippen LogP contribution in [0.2, 0.25) is 0 Å². The van der Waals surface area contributed by atoms with Gasteiger partial charge in [-0.1, -0.05) is 11.9 Å². The molecule has 0 aromatic carbocycles. The highest BCUT2D eigenvalue weighted by atomic mass is 32.2. The maximum Gasteiger partial charge on any atom is 0.255 e. The highest BCUT2D eigenvalue weighted by Crippen LogP contribution is 2.30. The summed E-state index contributed by atoms with van der Waals surface area (Å²) in [6.07, 6.45) is 3.79. The first-order valence-corrected chi connectivity index (χ1v) is 12.9. The zero-order valence-corrected chi connectivity index (χ0v) is 20.1. The number of piperidine rings is 1. The van der Waals surface area contributed by atoms with Crippen LogP contribution in [-0.4, -0.2) is 85.4 Å². The van der Waals surface area contributed by atoms with Crippen molar-refractivity contribution in [3.63, 3.8) is 0 Å². The predicted octanol–water partition coefficient (Wildman–Crippen LogP) is 1.45. The highest BCUT2D eigenvalue weighted by molar-refractivity contribution is 7.96. The number of piperazine rings is 1. The Balaban J connectivity index is 1.37. The molecule has 34 heavy (non-hydrogen) atoms. The monoisotopic (exact) mass is 488 g/mol. The number of rotatable bonds is 6. The molecule has 2 aromatic heterocycles. The number of nitrogens with zero attached hydrogens (tertiary/aromatic N) is 6. The molecule has 2 N–H and O–H groups in total. The van der Waals surface area contributed by atoms with Gasteiger partial charge in [0.05, 0.1) is 30.1 Å². The molecule has 1 atom stereocenters. The van der Waals surface area contributed by atoms with Crippen molar-refractivity contribution in [2.24, 2.45) is 15.9 Å². The van der Waals surface area contributed by atoms with Gasteiger partial charge < -0.3 is 15.5 Å². The summed E-state index contributed by atoms with van der Waals surface area (Å²) in [6, 6.07) is 5.95. The van der Waals surface area contributed by atoms with Crippen LogP contribution in [0.5, 0.6) is 0 Å². The zero-order chi connectivity index (χ0) is 23.5. The number of halogens is 2. The molecule has 8 nitrogen and oxygen atoms in total. The molecule has 5 heterocycles. The molecule has 0 radical (unpaired) electrons. The van der Waals surface area contributed by atoms with Crippen LogP contribution < -0.4 is 26.2 Å². The molecule has 5 rings (SSSR count). The van der Waals surface area contributed by atoms with Gasteiger partial charge in [0.2, 0.25) is 0 Å². The highest BCUT2D eigenvalue weighted by Gasteiger charge is 2.41. The molecule has 0 spiro atoms. The fourth-order valence-electron chi connectivity index (χ4n) is 4.56. The third-order valence-corrected chi connectivity index (χ3v) is 7.51. The van der Waals surface area contributed by atoms with Crippen LogP contribution in [0.3, 0.4) is 0 Å². The smallest absolute Gasteiger partial charge is 0.255 e. The lowest BCUT2D eigenvalue weighted by atomic mass is 9.95. The topological polar surface area (TPSA) is 81.0 Å². The number of hydrogen-bond acceptors (Lipinski definition) is 9. The van der Waals surface area contributed by atoms with Gasteiger partial charge >= 0.3 is 0 Å². The van der Waals surface area contributed by atoms with Gasteiger partial charge in [-0.25, -0.2) is 23.1 Å². The standard InChI is InChI=1S/C23H30F2N8S/c1-34-33-10-8-32(9-11-33)20-3-2-16(13-29-20)18-12-19-21(28-7-6-27-19)22(31-18)30-15-17-14-26-5-4-23(17,24)25/h2-3,12-13,17,26H,4-11,14-15H2,1H3,(H,30,31). The van der Waals surface area contributed by atoms with Crippen molar-refractivity contribution < 1.29 is 8.78 Å². The Labute approximate surface area is 202 Å². The van der Waals surface area contributed by atoms with Crippen molar-refractivity contribution in [3.8, 4) is 11.3 Å². The number of pyridine rings is 2. The molecule has 2 fully saturated rings. The molecule has 3 aliphatic rings. The average Bonchev–Trinajstić information content (AvgIpc) is 2.87. The van der Waals surface area contributed by atoms with E-state index in [1.54, 1.807) is 11.9 Å². The Morgan fingerprint density at radius 1 is 1.18 bits per heavy atom. The normalized spacial score (nSPS) is 22.4. The molecule has 0 amide bonds. The van der Waals surface area contributed by atoms with Gasteiger partial charge in [-0.05, 0) is 24.5 Å². The van der Waals surface area contributed by atoms with Crippen molar-refractivity contribution in [3.05, 3.63) is 35.1 Å². The van der Waals surface area contributed by atoms with Crippen LogP contribution >= 0.6 is 11.9 Å². The molecule has 2 aromatic rings. The Morgan fingerprint density at radius 3 is 2.74 bits per heavy atom. The Bertz CT molecular complexity index is 1120. The van der Waals surface area contributed by atoms with Crippen molar-refractivity contribution in [1.29, 1.82) is 0 Å². The second-order valence-electron chi connectivity index (χ2n) is 8.78. The summed E-state index contributed by atoms with van der Waals surface area (Å²) >= 11 is 1.78. The molecule has 0 aliphatic carbocycles. The molecule has 0 saturated carbocycles. The number of aromatic nitrogens is 2. The summed E-state index contributed by atoms with van der Waals surface area (Å²) in [6.45, 7) is 5.83. The van der Waals surface area contributed by atoms with Gasteiger partial charge in [-0.15, -0.1) is 0 Å². The number of fused-ring (bicyclic) bond motifs is 1. The number of alkyl halides is 2. The first-order valence-electron chi connectivity index (χ1n) is 11.8. The Morgan fingerprint density at radius 2 is 2.00 bits per heavy atom. The predicted molar refractivity (Wildman–Crippen MR) is 131 cm³/mol. The van der Waals surface area contributed by atoms with Crippen LogP contribution in [0, 0.1) is 5.92 Å². The summed E-state index contributed by atoms with van der Waals surface area (Å²) in [5, 5.41) is 7.62. The molecular formula is C23H30F2N8S. The van der Waals surface area contributed by atoms with Gasteiger partial charge in [0.15, 0.2) is 5.82 Å². The van der Waals surface area contributed by atoms with E-state index in [0.29, 0.717) is 36.5 Å². The van der Waals surface area contributed by atoms with Gasteiger partial charge in [0, 0.05) is 64.0 Å². The maximum atomic E-state index is 14.3. The van der Waals surface area contributed by atoms with E-state index >= 15 is 0 Å². The summed E-state index contributed by atoms with van der Waals surface area (Å²) in [7, 11) is 0. The minimum absolute atomic E-state index is 0.123. The van der Waals surface area contributed by atoms with E-state index in [0.717, 1.165) is 42.9 Å². The van der Waals surface area contributed by atoms with Crippen LogP contribution in [0.15, 0.2) is 34.4 Å². The van der Waals surface area contributed by atoms with E-state index < -0.39 is 11.8 Å². The van der Waals surface area contributed by atoms with Crippen molar-refractivity contribution in [2.75, 3.05) is 75.4 Å². The maximum absolute atomic E-state index is 14.3. The minimum atomic E-state index is -2.70. The van der Waals surface area contributed by atoms with Crippen LogP contribution in [-0.2, 0) is 0 Å². The third-order valence-electron chi connectivity index (χ3n) is 6.63. The number of anilines is 2. The first kappa shape index (κ1) is 23.4.